The molecule has 1 atom stereocenters. The van der Waals surface area contributed by atoms with Crippen LogP contribution in [0.2, 0.25) is 0 Å². The zero-order valence-electron chi connectivity index (χ0n) is 12.1. The van der Waals surface area contributed by atoms with E-state index in [-0.39, 0.29) is 11.9 Å². The van der Waals surface area contributed by atoms with Crippen LogP contribution in [0.15, 0.2) is 12.5 Å². The van der Waals surface area contributed by atoms with Crippen LogP contribution in [-0.4, -0.2) is 62.9 Å². The average Bonchev–Trinajstić information content (AvgIpc) is 2.90. The molecule has 0 unspecified atom stereocenters. The minimum Gasteiger partial charge on any atom is -0.378 e. The number of hydrogen-bond donors (Lipinski definition) is 1. The van der Waals surface area contributed by atoms with Gasteiger partial charge in [0, 0.05) is 20.1 Å². The first kappa shape index (κ1) is 13.7. The molecule has 1 aliphatic heterocycles. The first-order valence-electron chi connectivity index (χ1n) is 6.92. The Hall–Kier alpha value is -2.22. The first-order valence-corrected chi connectivity index (χ1v) is 6.92. The largest absolute Gasteiger partial charge is 0.378 e. The van der Waals surface area contributed by atoms with E-state index in [0.29, 0.717) is 32.1 Å². The number of fused-ring (bicyclic) bond motifs is 1. The predicted octanol–water partition coefficient (Wildman–Crippen LogP) is 0.0225. The van der Waals surface area contributed by atoms with Gasteiger partial charge in [0.1, 0.15) is 18.2 Å². The molecule has 8 heteroatoms. The van der Waals surface area contributed by atoms with Crippen LogP contribution in [0.3, 0.4) is 0 Å². The Morgan fingerprint density at radius 1 is 1.38 bits per heavy atom. The number of aryl methyl sites for hydroxylation is 1. The molecule has 1 amide bonds. The van der Waals surface area contributed by atoms with Crippen LogP contribution in [0.4, 0.5) is 5.82 Å². The summed E-state index contributed by atoms with van der Waals surface area (Å²) in [5.74, 6) is 0.677. The zero-order valence-corrected chi connectivity index (χ0v) is 12.1. The number of morpholine rings is 1. The van der Waals surface area contributed by atoms with Crippen molar-refractivity contribution in [3.8, 4) is 0 Å². The quantitative estimate of drug-likeness (QED) is 0.858. The number of ether oxygens (including phenoxy) is 1. The molecule has 3 rings (SSSR count). The Balaban J connectivity index is 1.76. The van der Waals surface area contributed by atoms with Gasteiger partial charge < -0.3 is 15.0 Å². The zero-order chi connectivity index (χ0) is 14.8. The summed E-state index contributed by atoms with van der Waals surface area (Å²) in [5, 5.41) is 8.13. The second kappa shape index (κ2) is 5.65. The van der Waals surface area contributed by atoms with Gasteiger partial charge >= 0.3 is 0 Å². The lowest BCUT2D eigenvalue weighted by Crippen LogP contribution is -2.47. The van der Waals surface area contributed by atoms with E-state index in [0.717, 1.165) is 11.0 Å². The Morgan fingerprint density at radius 3 is 2.90 bits per heavy atom. The Morgan fingerprint density at radius 2 is 2.14 bits per heavy atom. The lowest BCUT2D eigenvalue weighted by atomic mass is 10.2. The molecular formula is C13H18N6O2. The molecule has 0 spiro atoms. The van der Waals surface area contributed by atoms with E-state index < -0.39 is 0 Å². The van der Waals surface area contributed by atoms with Gasteiger partial charge in [0.05, 0.1) is 24.8 Å². The van der Waals surface area contributed by atoms with Crippen molar-refractivity contribution in [2.24, 2.45) is 7.05 Å². The van der Waals surface area contributed by atoms with E-state index >= 15 is 0 Å². The molecule has 1 fully saturated rings. The predicted molar refractivity (Wildman–Crippen MR) is 76.8 cm³/mol. The molecule has 0 radical (unpaired) electrons. The van der Waals surface area contributed by atoms with Crippen molar-refractivity contribution < 1.29 is 9.53 Å². The monoisotopic (exact) mass is 290 g/mol. The second-order valence-electron chi connectivity index (χ2n) is 5.03. The summed E-state index contributed by atoms with van der Waals surface area (Å²) in [7, 11) is 1.82. The number of nitrogens with one attached hydrogen (secondary N) is 1. The minimum atomic E-state index is -0.360. The van der Waals surface area contributed by atoms with Crippen LogP contribution < -0.4 is 5.32 Å². The summed E-state index contributed by atoms with van der Waals surface area (Å²) in [4.78, 5) is 22.6. The van der Waals surface area contributed by atoms with Crippen molar-refractivity contribution in [1.29, 1.82) is 0 Å². The topological polar surface area (TPSA) is 85.2 Å². The van der Waals surface area contributed by atoms with Crippen molar-refractivity contribution >= 4 is 22.8 Å². The van der Waals surface area contributed by atoms with E-state index in [1.54, 1.807) is 10.9 Å². The minimum absolute atomic E-state index is 0.0500. The molecule has 1 N–H and O–H groups in total. The van der Waals surface area contributed by atoms with E-state index in [9.17, 15) is 4.79 Å². The molecular weight excluding hydrogens is 272 g/mol. The average molecular weight is 290 g/mol. The summed E-state index contributed by atoms with van der Waals surface area (Å²) in [6, 6.07) is -0.360. The van der Waals surface area contributed by atoms with Crippen molar-refractivity contribution in [2.75, 3.05) is 31.6 Å². The second-order valence-corrected chi connectivity index (χ2v) is 5.03. The van der Waals surface area contributed by atoms with Crippen molar-refractivity contribution in [3.63, 3.8) is 0 Å². The fourth-order valence-corrected chi connectivity index (χ4v) is 2.40. The highest BCUT2D eigenvalue weighted by Crippen LogP contribution is 2.18. The number of rotatable bonds is 3. The maximum absolute atomic E-state index is 12.4. The van der Waals surface area contributed by atoms with Gasteiger partial charge in [-0.25, -0.2) is 9.97 Å². The standard InChI is InChI=1S/C13H18N6O2/c1-9(13(20)19-3-5-21-6-4-19)17-11-10-7-16-18(2)12(10)15-8-14-11/h7-9H,3-6H2,1-2H3,(H,14,15,17)/t9-/m0/s1. The van der Waals surface area contributed by atoms with Crippen molar-refractivity contribution in [2.45, 2.75) is 13.0 Å². The van der Waals surface area contributed by atoms with Gasteiger partial charge in [0.15, 0.2) is 5.65 Å². The molecule has 21 heavy (non-hydrogen) atoms. The molecule has 2 aromatic heterocycles. The molecule has 112 valence electrons. The molecule has 8 nitrogen and oxygen atoms in total. The maximum atomic E-state index is 12.4. The summed E-state index contributed by atoms with van der Waals surface area (Å²) < 4.78 is 6.94. The van der Waals surface area contributed by atoms with Gasteiger partial charge in [-0.15, -0.1) is 0 Å². The lowest BCUT2D eigenvalue weighted by Gasteiger charge is -2.29. The van der Waals surface area contributed by atoms with E-state index in [2.05, 4.69) is 20.4 Å². The molecule has 1 aliphatic rings. The number of aromatic nitrogens is 4. The third-order valence-electron chi connectivity index (χ3n) is 3.58. The molecule has 0 aromatic carbocycles. The Kier molecular flexibility index (Phi) is 3.70. The molecule has 2 aromatic rings. The molecule has 3 heterocycles. The van der Waals surface area contributed by atoms with Crippen LogP contribution in [-0.2, 0) is 16.6 Å². The first-order chi connectivity index (χ1) is 10.2. The van der Waals surface area contributed by atoms with Crippen LogP contribution in [0.1, 0.15) is 6.92 Å². The summed E-state index contributed by atoms with van der Waals surface area (Å²) in [6.45, 7) is 4.30. The fraction of sp³-hybridized carbons (Fsp3) is 0.538. The number of nitrogens with zero attached hydrogens (tertiary/aromatic N) is 5. The highest BCUT2D eigenvalue weighted by atomic mass is 16.5. The van der Waals surface area contributed by atoms with Gasteiger partial charge in [0.2, 0.25) is 5.91 Å². The summed E-state index contributed by atoms with van der Waals surface area (Å²) in [6.07, 6.45) is 3.17. The SMILES string of the molecule is C[C@H](Nc1ncnc2c1cnn2C)C(=O)N1CCOCC1. The summed E-state index contributed by atoms with van der Waals surface area (Å²) in [5.41, 5.74) is 0.735. The van der Waals surface area contributed by atoms with E-state index in [4.69, 9.17) is 4.74 Å². The fourth-order valence-electron chi connectivity index (χ4n) is 2.40. The van der Waals surface area contributed by atoms with E-state index in [1.165, 1.54) is 6.33 Å². The number of carbonyl (C=O) groups excluding carboxylic acids is 1. The maximum Gasteiger partial charge on any atom is 0.244 e. The molecule has 0 bridgehead atoms. The van der Waals surface area contributed by atoms with Gasteiger partial charge in [-0.3, -0.25) is 9.48 Å². The van der Waals surface area contributed by atoms with Crippen molar-refractivity contribution in [1.82, 2.24) is 24.6 Å². The Labute approximate surface area is 122 Å². The number of amides is 1. The smallest absolute Gasteiger partial charge is 0.244 e. The molecule has 0 saturated carbocycles. The van der Waals surface area contributed by atoms with Gasteiger partial charge in [-0.2, -0.15) is 5.10 Å². The summed E-state index contributed by atoms with van der Waals surface area (Å²) >= 11 is 0. The number of anilines is 1. The molecule has 1 saturated heterocycles. The third kappa shape index (κ3) is 2.66. The third-order valence-corrected chi connectivity index (χ3v) is 3.58. The van der Waals surface area contributed by atoms with Crippen LogP contribution in [0.25, 0.3) is 11.0 Å². The lowest BCUT2D eigenvalue weighted by molar-refractivity contribution is -0.135. The number of carbonyl (C=O) groups is 1. The highest BCUT2D eigenvalue weighted by molar-refractivity contribution is 5.90. The Bertz CT molecular complexity index is 649. The number of hydrogen-bond acceptors (Lipinski definition) is 6. The van der Waals surface area contributed by atoms with Gasteiger partial charge in [0.25, 0.3) is 0 Å². The normalized spacial score (nSPS) is 17.0. The van der Waals surface area contributed by atoms with Gasteiger partial charge in [-0.1, -0.05) is 0 Å². The van der Waals surface area contributed by atoms with Crippen LogP contribution in [0.5, 0.6) is 0 Å². The van der Waals surface area contributed by atoms with Crippen LogP contribution in [0, 0.1) is 0 Å². The van der Waals surface area contributed by atoms with E-state index in [1.807, 2.05) is 18.9 Å². The van der Waals surface area contributed by atoms with Crippen LogP contribution >= 0.6 is 0 Å². The highest BCUT2D eigenvalue weighted by Gasteiger charge is 2.23. The molecule has 0 aliphatic carbocycles. The van der Waals surface area contributed by atoms with Gasteiger partial charge in [-0.05, 0) is 6.92 Å². The van der Waals surface area contributed by atoms with Crippen molar-refractivity contribution in [3.05, 3.63) is 12.5 Å².